The van der Waals surface area contributed by atoms with Crippen LogP contribution in [0.3, 0.4) is 0 Å². The van der Waals surface area contributed by atoms with Crippen LogP contribution in [0.4, 0.5) is 0 Å². The fraction of sp³-hybridized carbons (Fsp3) is 0.500. The van der Waals surface area contributed by atoms with E-state index in [2.05, 4.69) is 0 Å². The van der Waals surface area contributed by atoms with E-state index in [0.29, 0.717) is 22.3 Å². The van der Waals surface area contributed by atoms with Crippen LogP contribution in [0, 0.1) is 26.2 Å². The molecule has 5 nitrogen and oxygen atoms in total. The van der Waals surface area contributed by atoms with E-state index in [1.165, 1.54) is 12.8 Å². The Morgan fingerprint density at radius 1 is 1.20 bits per heavy atom. The number of fused-ring (bicyclic) bond motifs is 1. The van der Waals surface area contributed by atoms with E-state index in [0.717, 1.165) is 36.0 Å². The fourth-order valence-electron chi connectivity index (χ4n) is 3.77. The summed E-state index contributed by atoms with van der Waals surface area (Å²) in [6.07, 6.45) is 3.62. The number of carbonyl (C=O) groups excluding carboxylic acids is 1. The number of rotatable bonds is 3. The second kappa shape index (κ2) is 5.61. The van der Waals surface area contributed by atoms with E-state index in [4.69, 9.17) is 9.15 Å². The molecule has 1 aliphatic carbocycles. The number of aryl methyl sites for hydroxylation is 2. The van der Waals surface area contributed by atoms with Crippen LogP contribution < -0.4 is 10.4 Å². The Labute approximate surface area is 146 Å². The summed E-state index contributed by atoms with van der Waals surface area (Å²) in [5.41, 5.74) is 2.94. The van der Waals surface area contributed by atoms with E-state index in [1.54, 1.807) is 6.92 Å². The van der Waals surface area contributed by atoms with Gasteiger partial charge in [0.25, 0.3) is 5.91 Å². The summed E-state index contributed by atoms with van der Waals surface area (Å²) in [6, 6.07) is 3.73. The topological polar surface area (TPSA) is 59.8 Å². The van der Waals surface area contributed by atoms with Crippen molar-refractivity contribution in [3.05, 3.63) is 39.2 Å². The van der Waals surface area contributed by atoms with Crippen LogP contribution in [0.5, 0.6) is 5.75 Å². The third kappa shape index (κ3) is 2.81. The minimum absolute atomic E-state index is 0.0201. The minimum Gasteiger partial charge on any atom is -0.483 e. The predicted molar refractivity (Wildman–Crippen MR) is 95.1 cm³/mol. The highest BCUT2D eigenvalue weighted by Gasteiger charge is 2.48. The highest BCUT2D eigenvalue weighted by molar-refractivity contribution is 5.88. The van der Waals surface area contributed by atoms with Crippen LogP contribution in [0.2, 0.25) is 0 Å². The summed E-state index contributed by atoms with van der Waals surface area (Å²) in [6.45, 7) is 7.28. The maximum atomic E-state index is 12.5. The van der Waals surface area contributed by atoms with Gasteiger partial charge in [-0.15, -0.1) is 0 Å². The zero-order valence-electron chi connectivity index (χ0n) is 15.0. The Kier molecular flexibility index (Phi) is 3.63. The SMILES string of the molecule is Cc1cc(OCC(=O)N2CCC3(CC3)C2)c2c(C)c(C)c(=O)oc2c1. The minimum atomic E-state index is -0.329. The monoisotopic (exact) mass is 341 g/mol. The lowest BCUT2D eigenvalue weighted by Gasteiger charge is -2.18. The summed E-state index contributed by atoms with van der Waals surface area (Å²) >= 11 is 0. The van der Waals surface area contributed by atoms with Gasteiger partial charge >= 0.3 is 5.63 Å². The molecule has 1 spiro atoms. The van der Waals surface area contributed by atoms with Crippen LogP contribution in [0.25, 0.3) is 11.0 Å². The first-order valence-electron chi connectivity index (χ1n) is 8.84. The molecular weight excluding hydrogens is 318 g/mol. The smallest absolute Gasteiger partial charge is 0.339 e. The third-order valence-corrected chi connectivity index (χ3v) is 5.76. The van der Waals surface area contributed by atoms with Crippen molar-refractivity contribution in [3.63, 3.8) is 0 Å². The van der Waals surface area contributed by atoms with Crippen molar-refractivity contribution in [2.24, 2.45) is 5.41 Å². The highest BCUT2D eigenvalue weighted by Crippen LogP contribution is 2.52. The quantitative estimate of drug-likeness (QED) is 0.805. The molecule has 2 aromatic rings. The first-order chi connectivity index (χ1) is 11.9. The number of likely N-dealkylation sites (tertiary alicyclic amines) is 1. The number of benzene rings is 1. The van der Waals surface area contributed by atoms with Crippen LogP contribution >= 0.6 is 0 Å². The molecule has 1 amide bonds. The summed E-state index contributed by atoms with van der Waals surface area (Å²) in [5, 5.41) is 0.774. The molecule has 2 heterocycles. The molecule has 4 rings (SSSR count). The normalized spacial score (nSPS) is 18.1. The molecule has 5 heteroatoms. The van der Waals surface area contributed by atoms with E-state index in [-0.39, 0.29) is 18.1 Å². The van der Waals surface area contributed by atoms with Gasteiger partial charge in [0, 0.05) is 18.7 Å². The van der Waals surface area contributed by atoms with Crippen molar-refractivity contribution < 1.29 is 13.9 Å². The molecule has 25 heavy (non-hydrogen) atoms. The molecule has 1 saturated carbocycles. The number of carbonyl (C=O) groups is 1. The van der Waals surface area contributed by atoms with Gasteiger partial charge in [-0.25, -0.2) is 4.79 Å². The Hall–Kier alpha value is -2.30. The Morgan fingerprint density at radius 3 is 2.64 bits per heavy atom. The summed E-state index contributed by atoms with van der Waals surface area (Å²) in [7, 11) is 0. The van der Waals surface area contributed by atoms with Gasteiger partial charge in [-0.3, -0.25) is 4.79 Å². The van der Waals surface area contributed by atoms with Gasteiger partial charge in [0.2, 0.25) is 0 Å². The highest BCUT2D eigenvalue weighted by atomic mass is 16.5. The number of nitrogens with zero attached hydrogens (tertiary/aromatic N) is 1. The van der Waals surface area contributed by atoms with E-state index in [9.17, 15) is 9.59 Å². The van der Waals surface area contributed by atoms with Crippen LogP contribution in [0.1, 0.15) is 36.0 Å². The summed E-state index contributed by atoms with van der Waals surface area (Å²) in [4.78, 5) is 26.3. The molecule has 2 aliphatic rings. The summed E-state index contributed by atoms with van der Waals surface area (Å²) < 4.78 is 11.3. The van der Waals surface area contributed by atoms with Crippen LogP contribution in [-0.4, -0.2) is 30.5 Å². The van der Waals surface area contributed by atoms with Gasteiger partial charge in [0.05, 0.1) is 5.39 Å². The first kappa shape index (κ1) is 16.2. The van der Waals surface area contributed by atoms with Crippen molar-refractivity contribution in [3.8, 4) is 5.75 Å². The second-order valence-electron chi connectivity index (χ2n) is 7.63. The molecular formula is C20H23NO4. The molecule has 0 N–H and O–H groups in total. The lowest BCUT2D eigenvalue weighted by Crippen LogP contribution is -2.33. The fourth-order valence-corrected chi connectivity index (χ4v) is 3.77. The Bertz CT molecular complexity index is 923. The molecule has 1 aliphatic heterocycles. The maximum absolute atomic E-state index is 12.5. The predicted octanol–water partition coefficient (Wildman–Crippen LogP) is 3.11. The Balaban J connectivity index is 1.59. The van der Waals surface area contributed by atoms with Crippen LogP contribution in [0.15, 0.2) is 21.3 Å². The van der Waals surface area contributed by atoms with Gasteiger partial charge in [-0.1, -0.05) is 0 Å². The van der Waals surface area contributed by atoms with Crippen molar-refractivity contribution in [1.82, 2.24) is 4.90 Å². The van der Waals surface area contributed by atoms with Crippen molar-refractivity contribution in [2.75, 3.05) is 19.7 Å². The van der Waals surface area contributed by atoms with Gasteiger partial charge < -0.3 is 14.1 Å². The lowest BCUT2D eigenvalue weighted by molar-refractivity contribution is -0.132. The number of hydrogen-bond donors (Lipinski definition) is 0. The second-order valence-corrected chi connectivity index (χ2v) is 7.63. The zero-order chi connectivity index (χ0) is 17.8. The number of ether oxygens (including phenoxy) is 1. The van der Waals surface area contributed by atoms with Crippen molar-refractivity contribution in [2.45, 2.75) is 40.0 Å². The molecule has 0 radical (unpaired) electrons. The average Bonchev–Trinajstić information content (AvgIpc) is 3.18. The van der Waals surface area contributed by atoms with Gasteiger partial charge in [-0.2, -0.15) is 0 Å². The number of hydrogen-bond acceptors (Lipinski definition) is 4. The van der Waals surface area contributed by atoms with E-state index >= 15 is 0 Å². The largest absolute Gasteiger partial charge is 0.483 e. The molecule has 1 aromatic heterocycles. The molecule has 132 valence electrons. The zero-order valence-corrected chi connectivity index (χ0v) is 15.0. The van der Waals surface area contributed by atoms with Gasteiger partial charge in [-0.05, 0) is 68.7 Å². The van der Waals surface area contributed by atoms with Crippen molar-refractivity contribution >= 4 is 16.9 Å². The first-order valence-corrected chi connectivity index (χ1v) is 8.84. The summed E-state index contributed by atoms with van der Waals surface area (Å²) in [5.74, 6) is 0.637. The van der Waals surface area contributed by atoms with Crippen molar-refractivity contribution in [1.29, 1.82) is 0 Å². The molecule has 0 atom stereocenters. The van der Waals surface area contributed by atoms with E-state index in [1.807, 2.05) is 30.9 Å². The van der Waals surface area contributed by atoms with Gasteiger partial charge in [0.15, 0.2) is 6.61 Å². The third-order valence-electron chi connectivity index (χ3n) is 5.76. The van der Waals surface area contributed by atoms with E-state index < -0.39 is 0 Å². The molecule has 1 saturated heterocycles. The Morgan fingerprint density at radius 2 is 1.96 bits per heavy atom. The lowest BCUT2D eigenvalue weighted by atomic mass is 10.0. The van der Waals surface area contributed by atoms with Crippen LogP contribution in [-0.2, 0) is 4.79 Å². The standard InChI is InChI=1S/C20H23NO4/c1-12-8-15(18-13(2)14(3)19(23)25-16(18)9-12)24-10-17(22)21-7-6-20(11-21)4-5-20/h8-9H,4-7,10-11H2,1-3H3. The average molecular weight is 341 g/mol. The molecule has 0 unspecified atom stereocenters. The molecule has 2 fully saturated rings. The number of amides is 1. The maximum Gasteiger partial charge on any atom is 0.339 e. The molecule has 0 bridgehead atoms. The molecule has 1 aromatic carbocycles. The van der Waals surface area contributed by atoms with Gasteiger partial charge in [0.1, 0.15) is 11.3 Å².